The average molecular weight is 1070 g/mol. The fraction of sp³-hybridized carbons (Fsp3) is 0.507. The number of rotatable bonds is 13. The number of aromatic hydroxyl groups is 1. The van der Waals surface area contributed by atoms with Crippen molar-refractivity contribution in [2.75, 3.05) is 33.3 Å². The van der Waals surface area contributed by atoms with Crippen LogP contribution in [-0.4, -0.2) is 61.6 Å². The number of carbonyl (C=O) groups excluding carboxylic acids is 2. The van der Waals surface area contributed by atoms with Crippen LogP contribution in [0.15, 0.2) is 131 Å². The minimum absolute atomic E-state index is 0.0280. The topological polar surface area (TPSA) is 141 Å². The number of ether oxygens (including phenoxy) is 2. The lowest BCUT2D eigenvalue weighted by atomic mass is 9.44. The maximum Gasteiger partial charge on any atom is 0.340 e. The average Bonchev–Trinajstić information content (AvgIpc) is 4.10. The van der Waals surface area contributed by atoms with Crippen molar-refractivity contribution in [2.24, 2.45) is 52.3 Å². The highest BCUT2D eigenvalue weighted by atomic mass is 16.6. The second-order valence-corrected chi connectivity index (χ2v) is 25.0. The molecule has 4 fully saturated rings. The Morgan fingerprint density at radius 3 is 2.56 bits per heavy atom. The first kappa shape index (κ1) is 54.0. The fourth-order valence-electron chi connectivity index (χ4n) is 17.0. The Bertz CT molecular complexity index is 3070. The molecule has 6 N–H and O–H groups in total. The van der Waals surface area contributed by atoms with Gasteiger partial charge >= 0.3 is 11.9 Å². The van der Waals surface area contributed by atoms with E-state index >= 15 is 9.59 Å². The highest BCUT2D eigenvalue weighted by Gasteiger charge is 2.68. The van der Waals surface area contributed by atoms with E-state index < -0.39 is 5.41 Å². The maximum absolute atomic E-state index is 15.3. The summed E-state index contributed by atoms with van der Waals surface area (Å²) in [6.45, 7) is 8.93. The summed E-state index contributed by atoms with van der Waals surface area (Å²) in [5.74, 6) is 2.15. The molecule has 10 heteroatoms. The molecule has 1 spiro atoms. The lowest BCUT2D eigenvalue weighted by Crippen LogP contribution is -2.52. The molecule has 5 aliphatic carbocycles. The van der Waals surface area contributed by atoms with E-state index in [9.17, 15) is 10.2 Å². The SMILES string of the molecule is CCCNCc1cc2cc(c1)C[C@@H]1C[C@]([C@H]3CCN[C@H](NC)C3)(CC=C3OC(=O)C4=C3CC[C@H]3[C@H]5CC[C@]6(C(=C5c5cc(O)ccc5-c5cccc(c5)CNCC2)C(=O)O/C6=C\[C@H](CC)Cc2ccccc2)[C@@H]43)C[C@H]1CCCO. The molecule has 4 aromatic rings. The first-order chi connectivity index (χ1) is 38.6. The van der Waals surface area contributed by atoms with E-state index in [1.165, 1.54) is 22.3 Å². The van der Waals surface area contributed by atoms with E-state index in [0.717, 1.165) is 167 Å². The summed E-state index contributed by atoms with van der Waals surface area (Å²) in [6.07, 6.45) is 19.5. The molecule has 5 aliphatic heterocycles. The van der Waals surface area contributed by atoms with Crippen molar-refractivity contribution < 1.29 is 29.3 Å². The van der Waals surface area contributed by atoms with Crippen molar-refractivity contribution in [2.45, 2.75) is 136 Å². The number of hydrogen-bond acceptors (Lipinski definition) is 10. The quantitative estimate of drug-likeness (QED) is 0.0566. The summed E-state index contributed by atoms with van der Waals surface area (Å²) in [5.41, 5.74) is 11.9. The van der Waals surface area contributed by atoms with Crippen LogP contribution in [0.25, 0.3) is 16.7 Å². The van der Waals surface area contributed by atoms with Crippen LogP contribution in [0, 0.1) is 52.3 Å². The summed E-state index contributed by atoms with van der Waals surface area (Å²) in [7, 11) is 2.07. The van der Waals surface area contributed by atoms with Gasteiger partial charge in [0.05, 0.1) is 17.2 Å². The highest BCUT2D eigenvalue weighted by Crippen LogP contribution is 2.72. The van der Waals surface area contributed by atoms with Gasteiger partial charge in [0.1, 0.15) is 17.3 Å². The Balaban J connectivity index is 1.02. The fourth-order valence-corrected chi connectivity index (χ4v) is 17.0. The van der Waals surface area contributed by atoms with Crippen molar-refractivity contribution in [3.63, 3.8) is 0 Å². The minimum Gasteiger partial charge on any atom is -0.508 e. The zero-order valence-corrected chi connectivity index (χ0v) is 47.0. The number of cyclic esters (lactones) is 1. The summed E-state index contributed by atoms with van der Waals surface area (Å²) in [4.78, 5) is 30.5. The molecule has 416 valence electrons. The van der Waals surface area contributed by atoms with E-state index in [0.29, 0.717) is 42.1 Å². The van der Waals surface area contributed by atoms with E-state index in [1.54, 1.807) is 6.07 Å². The van der Waals surface area contributed by atoms with Crippen molar-refractivity contribution >= 4 is 17.5 Å². The van der Waals surface area contributed by atoms with Crippen molar-refractivity contribution in [3.8, 4) is 16.9 Å². The van der Waals surface area contributed by atoms with Crippen LogP contribution in [-0.2, 0) is 51.4 Å². The number of fused-ring (bicyclic) bond motifs is 5. The van der Waals surface area contributed by atoms with Gasteiger partial charge in [0, 0.05) is 36.8 Å². The number of nitrogens with one attached hydrogen (secondary N) is 4. The third-order valence-electron chi connectivity index (χ3n) is 20.5. The normalized spacial score (nSPS) is 30.2. The number of piperidine rings is 1. The summed E-state index contributed by atoms with van der Waals surface area (Å²) >= 11 is 0. The molecule has 79 heavy (non-hydrogen) atoms. The second kappa shape index (κ2) is 23.1. The number of carbonyl (C=O) groups is 2. The van der Waals surface area contributed by atoms with Gasteiger partial charge in [-0.3, -0.25) is 0 Å². The molecule has 14 bridgehead atoms. The predicted octanol–water partition coefficient (Wildman–Crippen LogP) is 11.8. The van der Waals surface area contributed by atoms with Gasteiger partial charge in [-0.2, -0.15) is 0 Å². The zero-order chi connectivity index (χ0) is 54.3. The highest BCUT2D eigenvalue weighted by molar-refractivity contribution is 6.07. The summed E-state index contributed by atoms with van der Waals surface area (Å²) in [6, 6.07) is 32.3. The molecule has 10 aliphatic rings. The third kappa shape index (κ3) is 10.3. The molecule has 4 aromatic carbocycles. The van der Waals surface area contributed by atoms with E-state index in [4.69, 9.17) is 9.47 Å². The van der Waals surface area contributed by atoms with Gasteiger partial charge in [0.15, 0.2) is 0 Å². The number of phenols is 1. The lowest BCUT2D eigenvalue weighted by molar-refractivity contribution is -0.135. The van der Waals surface area contributed by atoms with Gasteiger partial charge in [-0.05, 0) is 251 Å². The molecule has 0 aromatic heterocycles. The van der Waals surface area contributed by atoms with Gasteiger partial charge in [-0.15, -0.1) is 0 Å². The summed E-state index contributed by atoms with van der Waals surface area (Å²) in [5, 5.41) is 36.7. The van der Waals surface area contributed by atoms with Gasteiger partial charge in [0.25, 0.3) is 0 Å². The number of phenolic OH excluding ortho intramolecular Hbond substituents is 1. The van der Waals surface area contributed by atoms with Crippen LogP contribution in [0.2, 0.25) is 0 Å². The molecule has 10 nitrogen and oxygen atoms in total. The van der Waals surface area contributed by atoms with Crippen molar-refractivity contribution in [3.05, 3.63) is 165 Å². The van der Waals surface area contributed by atoms with Crippen LogP contribution in [0.1, 0.15) is 131 Å². The predicted molar refractivity (Wildman–Crippen MR) is 312 cm³/mol. The largest absolute Gasteiger partial charge is 0.508 e. The number of aliphatic hydroxyl groups is 1. The number of benzene rings is 4. The van der Waals surface area contributed by atoms with Crippen molar-refractivity contribution in [1.29, 1.82) is 0 Å². The Labute approximate surface area is 469 Å². The molecule has 2 saturated heterocycles. The van der Waals surface area contributed by atoms with Crippen molar-refractivity contribution in [1.82, 2.24) is 21.3 Å². The first-order valence-electron chi connectivity index (χ1n) is 30.5. The molecule has 2 saturated carbocycles. The number of allylic oxidation sites excluding steroid dienone is 5. The number of esters is 2. The van der Waals surface area contributed by atoms with Crippen LogP contribution in [0.4, 0.5) is 0 Å². The van der Waals surface area contributed by atoms with Gasteiger partial charge < -0.3 is 41.0 Å². The first-order valence-corrected chi connectivity index (χ1v) is 30.5. The van der Waals surface area contributed by atoms with Crippen LogP contribution in [0.3, 0.4) is 0 Å². The molecular weight excluding hydrogens is 981 g/mol. The Hall–Kier alpha value is -5.62. The number of hydrogen-bond donors (Lipinski definition) is 6. The van der Waals surface area contributed by atoms with Crippen LogP contribution >= 0.6 is 0 Å². The van der Waals surface area contributed by atoms with E-state index in [2.05, 4.69) is 127 Å². The summed E-state index contributed by atoms with van der Waals surface area (Å²) < 4.78 is 13.5. The Kier molecular flexibility index (Phi) is 15.8. The molecule has 5 heterocycles. The van der Waals surface area contributed by atoms with Crippen LogP contribution in [0.5, 0.6) is 5.75 Å². The number of aliphatic hydroxyl groups excluding tert-OH is 1. The molecule has 0 radical (unpaired) electrons. The molecular formula is C69H84N4O6. The lowest BCUT2D eigenvalue weighted by Gasteiger charge is -2.56. The Morgan fingerprint density at radius 1 is 0.848 bits per heavy atom. The third-order valence-corrected chi connectivity index (χ3v) is 20.5. The van der Waals surface area contributed by atoms with E-state index in [-0.39, 0.29) is 59.5 Å². The monoisotopic (exact) mass is 1060 g/mol. The van der Waals surface area contributed by atoms with Gasteiger partial charge in [-0.25, -0.2) is 9.59 Å². The molecule has 0 unspecified atom stereocenters. The van der Waals surface area contributed by atoms with Crippen LogP contribution < -0.4 is 21.3 Å². The Morgan fingerprint density at radius 2 is 1.72 bits per heavy atom. The maximum atomic E-state index is 15.3. The van der Waals surface area contributed by atoms with Gasteiger partial charge in [-0.1, -0.05) is 86.6 Å². The minimum atomic E-state index is -0.883. The second-order valence-electron chi connectivity index (χ2n) is 25.0. The smallest absolute Gasteiger partial charge is 0.340 e. The van der Waals surface area contributed by atoms with Gasteiger partial charge in [0.2, 0.25) is 0 Å². The van der Waals surface area contributed by atoms with E-state index in [1.807, 2.05) is 12.1 Å². The molecule has 0 amide bonds. The molecule has 10 atom stereocenters. The molecule has 14 rings (SSSR count). The zero-order valence-electron chi connectivity index (χ0n) is 47.0. The standard InChI is InChI=1S/C69H84N4O6/c1-4-26-71-42-48-32-45-22-27-72-41-46-13-9-14-49(34-46)54-17-16-53(75)38-58(54)62-55-20-25-69(60(79-67(77)65(62)69)36-43(5-2)30-44-11-7-6-8-12-44)64-56(55)18-19-57-59(78-66(76)63(57)64)21-24-68(52-23-28-73-61(37-52)70-3)39-50(15-10-29-74)51(40-68)35-47(31-45)33-48/h6-9,11-14,16-17,21,31-34,36,38,43,50-52,55-56,61,64,70-75H,4-5,10,15,18-20,22-30,35,37,39-42H2,1-3H3/b59-21?,60-36-/t43-,50-,51-,52+,55-,56+,61+,64-,68+,69-/m1/s1.